The molecule has 0 aliphatic heterocycles. The van der Waals surface area contributed by atoms with E-state index < -0.39 is 5.41 Å². The average Bonchev–Trinajstić information content (AvgIpc) is 2.95. The van der Waals surface area contributed by atoms with E-state index in [9.17, 15) is 4.79 Å². The lowest BCUT2D eigenvalue weighted by molar-refractivity contribution is 0.0887. The van der Waals surface area contributed by atoms with Gasteiger partial charge >= 0.3 is 0 Å². The Hall–Kier alpha value is -1.90. The Labute approximate surface area is 113 Å². The Balaban J connectivity index is 2.16. The normalized spacial score (nSPS) is 21.7. The Bertz CT molecular complexity index is 629. The molecule has 1 aromatic carbocycles. The molecule has 0 fully saturated rings. The Kier molecular flexibility index (Phi) is 2.77. The fraction of sp³-hybridized carbons (Fsp3) is 0.375. The molecular weight excluding hydrogens is 236 g/mol. The molecule has 3 nitrogen and oxygen atoms in total. The third kappa shape index (κ3) is 1.65. The van der Waals surface area contributed by atoms with Crippen molar-refractivity contribution in [3.8, 4) is 0 Å². The molecule has 19 heavy (non-hydrogen) atoms. The Morgan fingerprint density at radius 3 is 2.79 bits per heavy atom. The fourth-order valence-corrected chi connectivity index (χ4v) is 3.34. The van der Waals surface area contributed by atoms with E-state index in [0.717, 1.165) is 30.5 Å². The molecular formula is C16H18N2O. The van der Waals surface area contributed by atoms with E-state index in [4.69, 9.17) is 0 Å². The van der Waals surface area contributed by atoms with Crippen molar-refractivity contribution in [3.05, 3.63) is 53.6 Å². The Morgan fingerprint density at radius 1 is 1.37 bits per heavy atom. The van der Waals surface area contributed by atoms with Gasteiger partial charge in [0.2, 0.25) is 0 Å². The van der Waals surface area contributed by atoms with Gasteiger partial charge in [0.1, 0.15) is 0 Å². The van der Waals surface area contributed by atoms with Gasteiger partial charge in [0, 0.05) is 18.8 Å². The minimum Gasteiger partial charge on any atom is -0.337 e. The van der Waals surface area contributed by atoms with Gasteiger partial charge < -0.3 is 4.57 Å². The number of fused-ring (bicyclic) bond motifs is 1. The highest BCUT2D eigenvalue weighted by atomic mass is 16.1. The van der Waals surface area contributed by atoms with Crippen molar-refractivity contribution in [2.75, 3.05) is 0 Å². The second-order valence-corrected chi connectivity index (χ2v) is 5.38. The number of hydrogen-bond acceptors (Lipinski definition) is 2. The van der Waals surface area contributed by atoms with Crippen LogP contribution in [0.25, 0.3) is 0 Å². The maximum atomic E-state index is 12.9. The molecule has 1 unspecified atom stereocenters. The number of rotatable bonds is 3. The molecule has 1 heterocycles. The number of aryl methyl sites for hydroxylation is 1. The maximum absolute atomic E-state index is 12.9. The van der Waals surface area contributed by atoms with Crippen molar-refractivity contribution >= 4 is 5.78 Å². The quantitative estimate of drug-likeness (QED) is 0.844. The van der Waals surface area contributed by atoms with Crippen LogP contribution in [0, 0.1) is 0 Å². The number of benzene rings is 1. The van der Waals surface area contributed by atoms with Gasteiger partial charge in [-0.2, -0.15) is 0 Å². The minimum absolute atomic E-state index is 0.258. The highest BCUT2D eigenvalue weighted by molar-refractivity contribution is 6.08. The van der Waals surface area contributed by atoms with Gasteiger partial charge in [-0.05, 0) is 18.4 Å². The van der Waals surface area contributed by atoms with E-state index in [1.807, 2.05) is 36.0 Å². The summed E-state index contributed by atoms with van der Waals surface area (Å²) in [6, 6.07) is 7.98. The SMILES string of the molecule is CCCC1(c2cncn2C)Cc2ccccc2C1=O. The highest BCUT2D eigenvalue weighted by Gasteiger charge is 2.47. The van der Waals surface area contributed by atoms with Crippen molar-refractivity contribution in [3.63, 3.8) is 0 Å². The summed E-state index contributed by atoms with van der Waals surface area (Å²) in [6.45, 7) is 2.13. The summed E-state index contributed by atoms with van der Waals surface area (Å²) in [7, 11) is 1.97. The zero-order valence-corrected chi connectivity index (χ0v) is 11.4. The van der Waals surface area contributed by atoms with E-state index in [-0.39, 0.29) is 5.78 Å². The molecule has 3 heteroatoms. The molecule has 0 saturated heterocycles. The maximum Gasteiger partial charge on any atom is 0.175 e. The molecule has 0 saturated carbocycles. The molecule has 1 aliphatic carbocycles. The summed E-state index contributed by atoms with van der Waals surface area (Å²) in [5.74, 6) is 0.258. The van der Waals surface area contributed by atoms with Crippen molar-refractivity contribution < 1.29 is 4.79 Å². The molecule has 0 bridgehead atoms. The number of nitrogens with zero attached hydrogens (tertiary/aromatic N) is 2. The first-order valence-corrected chi connectivity index (χ1v) is 6.78. The number of ketones is 1. The second kappa shape index (κ2) is 4.34. The smallest absolute Gasteiger partial charge is 0.175 e. The predicted octanol–water partition coefficient (Wildman–Crippen LogP) is 2.90. The molecule has 1 atom stereocenters. The Morgan fingerprint density at radius 2 is 2.16 bits per heavy atom. The molecule has 1 aliphatic rings. The van der Waals surface area contributed by atoms with Crippen molar-refractivity contribution in [1.29, 1.82) is 0 Å². The van der Waals surface area contributed by atoms with Crippen LogP contribution in [0.2, 0.25) is 0 Å². The van der Waals surface area contributed by atoms with Crippen molar-refractivity contribution in [1.82, 2.24) is 9.55 Å². The van der Waals surface area contributed by atoms with E-state index in [2.05, 4.69) is 18.0 Å². The highest BCUT2D eigenvalue weighted by Crippen LogP contribution is 2.42. The van der Waals surface area contributed by atoms with Crippen LogP contribution in [-0.4, -0.2) is 15.3 Å². The van der Waals surface area contributed by atoms with Gasteiger partial charge in [-0.3, -0.25) is 4.79 Å². The van der Waals surface area contributed by atoms with Crippen LogP contribution in [0.1, 0.15) is 41.4 Å². The molecule has 2 aromatic rings. The van der Waals surface area contributed by atoms with Gasteiger partial charge in [-0.15, -0.1) is 0 Å². The summed E-state index contributed by atoms with van der Waals surface area (Å²) in [4.78, 5) is 17.1. The third-order valence-corrected chi connectivity index (χ3v) is 4.17. The zero-order valence-electron chi connectivity index (χ0n) is 11.4. The van der Waals surface area contributed by atoms with Crippen LogP contribution < -0.4 is 0 Å². The fourth-order valence-electron chi connectivity index (χ4n) is 3.34. The van der Waals surface area contributed by atoms with Gasteiger partial charge in [0.15, 0.2) is 5.78 Å². The molecule has 0 N–H and O–H groups in total. The number of Topliss-reactive ketones (excluding diaryl/α,β-unsaturated/α-hetero) is 1. The standard InChI is InChI=1S/C16H18N2O/c1-3-8-16(14-10-17-11-18(14)2)9-12-6-4-5-7-13(12)15(16)19/h4-7,10-11H,3,8-9H2,1-2H3. The predicted molar refractivity (Wildman–Crippen MR) is 74.3 cm³/mol. The molecule has 3 rings (SSSR count). The lowest BCUT2D eigenvalue weighted by atomic mass is 9.76. The van der Waals surface area contributed by atoms with Crippen LogP contribution in [0.5, 0.6) is 0 Å². The van der Waals surface area contributed by atoms with Gasteiger partial charge in [0.05, 0.1) is 17.4 Å². The average molecular weight is 254 g/mol. The minimum atomic E-state index is -0.413. The molecule has 0 radical (unpaired) electrons. The zero-order chi connectivity index (χ0) is 13.5. The second-order valence-electron chi connectivity index (χ2n) is 5.38. The number of carbonyl (C=O) groups excluding carboxylic acids is 1. The summed E-state index contributed by atoms with van der Waals surface area (Å²) < 4.78 is 1.99. The molecule has 0 amide bonds. The van der Waals surface area contributed by atoms with Crippen LogP contribution in [0.15, 0.2) is 36.8 Å². The number of carbonyl (C=O) groups is 1. The number of imidazole rings is 1. The number of aromatic nitrogens is 2. The van der Waals surface area contributed by atoms with E-state index in [1.54, 1.807) is 6.33 Å². The van der Waals surface area contributed by atoms with Crippen LogP contribution >= 0.6 is 0 Å². The monoisotopic (exact) mass is 254 g/mol. The molecule has 1 aromatic heterocycles. The lowest BCUT2D eigenvalue weighted by Gasteiger charge is -2.27. The summed E-state index contributed by atoms with van der Waals surface area (Å²) in [5, 5.41) is 0. The number of hydrogen-bond donors (Lipinski definition) is 0. The molecule has 98 valence electrons. The summed E-state index contributed by atoms with van der Waals surface area (Å²) >= 11 is 0. The third-order valence-electron chi connectivity index (χ3n) is 4.17. The largest absolute Gasteiger partial charge is 0.337 e. The summed E-state index contributed by atoms with van der Waals surface area (Å²) in [6.07, 6.45) is 6.29. The van der Waals surface area contributed by atoms with Crippen LogP contribution in [-0.2, 0) is 18.9 Å². The van der Waals surface area contributed by atoms with Gasteiger partial charge in [0.25, 0.3) is 0 Å². The summed E-state index contributed by atoms with van der Waals surface area (Å²) in [5.41, 5.74) is 2.68. The molecule has 0 spiro atoms. The topological polar surface area (TPSA) is 34.9 Å². The van der Waals surface area contributed by atoms with E-state index in [1.165, 1.54) is 5.56 Å². The lowest BCUT2D eigenvalue weighted by Crippen LogP contribution is -2.35. The van der Waals surface area contributed by atoms with E-state index in [0.29, 0.717) is 0 Å². The van der Waals surface area contributed by atoms with E-state index >= 15 is 0 Å². The van der Waals surface area contributed by atoms with Gasteiger partial charge in [-0.25, -0.2) is 4.98 Å². The first kappa shape index (κ1) is 12.2. The van der Waals surface area contributed by atoms with Crippen LogP contribution in [0.4, 0.5) is 0 Å². The first-order chi connectivity index (χ1) is 9.19. The van der Waals surface area contributed by atoms with Gasteiger partial charge in [-0.1, -0.05) is 37.6 Å². The van der Waals surface area contributed by atoms with Crippen molar-refractivity contribution in [2.24, 2.45) is 7.05 Å². The van der Waals surface area contributed by atoms with Crippen LogP contribution in [0.3, 0.4) is 0 Å². The van der Waals surface area contributed by atoms with Crippen molar-refractivity contribution in [2.45, 2.75) is 31.6 Å². The first-order valence-electron chi connectivity index (χ1n) is 6.78.